The molecule has 15 heavy (non-hydrogen) atoms. The zero-order valence-electron chi connectivity index (χ0n) is 8.20. The van der Waals surface area contributed by atoms with E-state index >= 15 is 0 Å². The van der Waals surface area contributed by atoms with Crippen molar-refractivity contribution in [3.05, 3.63) is 34.9 Å². The zero-order valence-corrected chi connectivity index (χ0v) is 8.96. The van der Waals surface area contributed by atoms with Crippen LogP contribution in [0, 0.1) is 0 Å². The van der Waals surface area contributed by atoms with Crippen LogP contribution in [0.2, 0.25) is 5.02 Å². The second-order valence-corrected chi connectivity index (χ2v) is 4.26. The lowest BCUT2D eigenvalue weighted by Gasteiger charge is -2.20. The first-order chi connectivity index (χ1) is 7.16. The van der Waals surface area contributed by atoms with Crippen molar-refractivity contribution in [2.75, 3.05) is 0 Å². The maximum atomic E-state index is 11.7. The minimum atomic E-state index is -0.138. The summed E-state index contributed by atoms with van der Waals surface area (Å²) in [6.45, 7) is 0. The maximum Gasteiger partial charge on any atom is 0.147 e. The second kappa shape index (κ2) is 4.15. The van der Waals surface area contributed by atoms with Gasteiger partial charge in [0.15, 0.2) is 0 Å². The van der Waals surface area contributed by atoms with Gasteiger partial charge in [-0.25, -0.2) is 0 Å². The number of hydrogen-bond acceptors (Lipinski definition) is 2. The number of halogens is 1. The molecule has 1 aromatic rings. The van der Waals surface area contributed by atoms with Gasteiger partial charge in [-0.05, 0) is 24.1 Å². The van der Waals surface area contributed by atoms with Gasteiger partial charge >= 0.3 is 0 Å². The largest absolute Gasteiger partial charge is 0.299 e. The monoisotopic (exact) mass is 222 g/mol. The smallest absolute Gasteiger partial charge is 0.147 e. The van der Waals surface area contributed by atoms with Crippen LogP contribution in [-0.2, 0) is 9.59 Å². The van der Waals surface area contributed by atoms with Gasteiger partial charge in [0.25, 0.3) is 0 Å². The molecule has 1 saturated carbocycles. The molecule has 2 nitrogen and oxygen atoms in total. The predicted molar refractivity (Wildman–Crippen MR) is 58.1 cm³/mol. The van der Waals surface area contributed by atoms with E-state index in [1.807, 2.05) is 12.1 Å². The number of ketones is 2. The molecule has 1 aliphatic rings. The normalized spacial score (nSPS) is 21.8. The van der Waals surface area contributed by atoms with Crippen LogP contribution in [0.25, 0.3) is 0 Å². The average molecular weight is 223 g/mol. The van der Waals surface area contributed by atoms with Crippen molar-refractivity contribution in [2.45, 2.75) is 25.2 Å². The molecule has 3 heteroatoms. The molecular weight excluding hydrogens is 212 g/mol. The number of Topliss-reactive ketones (excluding diaryl/α,β-unsaturated/α-hetero) is 2. The first kappa shape index (κ1) is 10.4. The van der Waals surface area contributed by atoms with E-state index < -0.39 is 0 Å². The molecule has 0 aromatic heterocycles. The van der Waals surface area contributed by atoms with Gasteiger partial charge in [0.1, 0.15) is 11.6 Å². The van der Waals surface area contributed by atoms with Crippen molar-refractivity contribution in [1.82, 2.24) is 0 Å². The fourth-order valence-corrected chi connectivity index (χ4v) is 2.15. The Morgan fingerprint density at radius 3 is 2.73 bits per heavy atom. The number of carbonyl (C=O) groups excluding carboxylic acids is 2. The Morgan fingerprint density at radius 1 is 1.27 bits per heavy atom. The van der Waals surface area contributed by atoms with E-state index in [1.54, 1.807) is 12.1 Å². The summed E-state index contributed by atoms with van der Waals surface area (Å²) >= 11 is 5.86. The lowest BCUT2D eigenvalue weighted by Crippen LogP contribution is -2.23. The van der Waals surface area contributed by atoms with Gasteiger partial charge in [-0.1, -0.05) is 23.7 Å². The highest BCUT2D eigenvalue weighted by molar-refractivity contribution is 6.30. The molecule has 0 amide bonds. The third kappa shape index (κ3) is 2.26. The molecule has 0 heterocycles. The van der Waals surface area contributed by atoms with E-state index in [0.717, 1.165) is 5.56 Å². The summed E-state index contributed by atoms with van der Waals surface area (Å²) in [5.41, 5.74) is 0.931. The first-order valence-electron chi connectivity index (χ1n) is 4.96. The third-order valence-corrected chi connectivity index (χ3v) is 2.96. The molecule has 78 valence electrons. The Morgan fingerprint density at radius 2 is 2.07 bits per heavy atom. The van der Waals surface area contributed by atoms with E-state index in [1.165, 1.54) is 0 Å². The highest BCUT2D eigenvalue weighted by atomic mass is 35.5. The molecule has 0 aliphatic heterocycles. The van der Waals surface area contributed by atoms with Crippen LogP contribution in [-0.4, -0.2) is 11.6 Å². The van der Waals surface area contributed by atoms with E-state index in [0.29, 0.717) is 17.9 Å². The van der Waals surface area contributed by atoms with Crippen LogP contribution in [0.1, 0.15) is 30.7 Å². The number of hydrogen-bond donors (Lipinski definition) is 0. The molecule has 2 rings (SSSR count). The number of carbonyl (C=O) groups is 2. The highest BCUT2D eigenvalue weighted by Gasteiger charge is 2.28. The molecule has 1 fully saturated rings. The van der Waals surface area contributed by atoms with E-state index in [4.69, 9.17) is 11.6 Å². The Bertz CT molecular complexity index is 412. The predicted octanol–water partition coefficient (Wildman–Crippen LogP) is 2.75. The lowest BCUT2D eigenvalue weighted by molar-refractivity contribution is -0.130. The fourth-order valence-electron chi connectivity index (χ4n) is 1.95. The topological polar surface area (TPSA) is 34.1 Å². The molecule has 0 saturated heterocycles. The van der Waals surface area contributed by atoms with Crippen molar-refractivity contribution in [3.63, 3.8) is 0 Å². The van der Waals surface area contributed by atoms with Gasteiger partial charge in [-0.2, -0.15) is 0 Å². The summed E-state index contributed by atoms with van der Waals surface area (Å²) in [4.78, 5) is 22.7. The molecule has 0 spiro atoms. The standard InChI is InChI=1S/C12H11ClO2/c13-9-3-1-2-8(6-9)11-5-4-10(14)7-12(11)15/h1-3,6,11H,4-5,7H2. The Labute approximate surface area is 93.2 Å². The number of benzene rings is 1. The van der Waals surface area contributed by atoms with Crippen LogP contribution >= 0.6 is 11.6 Å². The van der Waals surface area contributed by atoms with Crippen LogP contribution in [0.4, 0.5) is 0 Å². The molecule has 0 bridgehead atoms. The molecule has 1 aliphatic carbocycles. The van der Waals surface area contributed by atoms with Gasteiger partial charge in [-0.15, -0.1) is 0 Å². The van der Waals surface area contributed by atoms with Crippen LogP contribution in [0.3, 0.4) is 0 Å². The number of rotatable bonds is 1. The van der Waals surface area contributed by atoms with Gasteiger partial charge < -0.3 is 0 Å². The van der Waals surface area contributed by atoms with Crippen LogP contribution < -0.4 is 0 Å². The maximum absolute atomic E-state index is 11.7. The Hall–Kier alpha value is -1.15. The van der Waals surface area contributed by atoms with Crippen LogP contribution in [0.15, 0.2) is 24.3 Å². The van der Waals surface area contributed by atoms with Crippen molar-refractivity contribution in [3.8, 4) is 0 Å². The summed E-state index contributed by atoms with van der Waals surface area (Å²) in [5.74, 6) is -0.0619. The van der Waals surface area contributed by atoms with Crippen molar-refractivity contribution in [2.24, 2.45) is 0 Å². The fraction of sp³-hybridized carbons (Fsp3) is 0.333. The molecule has 1 atom stereocenters. The molecule has 0 N–H and O–H groups in total. The summed E-state index contributed by atoms with van der Waals surface area (Å²) in [7, 11) is 0. The van der Waals surface area contributed by atoms with Gasteiger partial charge in [0.05, 0.1) is 6.42 Å². The molecule has 1 aromatic carbocycles. The van der Waals surface area contributed by atoms with E-state index in [-0.39, 0.29) is 23.9 Å². The van der Waals surface area contributed by atoms with Gasteiger partial charge in [0.2, 0.25) is 0 Å². The SMILES string of the molecule is O=C1CCC(c2cccc(Cl)c2)C(=O)C1. The summed E-state index contributed by atoms with van der Waals surface area (Å²) in [6, 6.07) is 7.31. The summed E-state index contributed by atoms with van der Waals surface area (Å²) in [6.07, 6.45) is 1.21. The Balaban J connectivity index is 2.24. The summed E-state index contributed by atoms with van der Waals surface area (Å²) in [5, 5.41) is 0.636. The minimum absolute atomic E-state index is 0.0218. The second-order valence-electron chi connectivity index (χ2n) is 3.83. The quantitative estimate of drug-likeness (QED) is 0.685. The first-order valence-corrected chi connectivity index (χ1v) is 5.34. The minimum Gasteiger partial charge on any atom is -0.299 e. The zero-order chi connectivity index (χ0) is 10.8. The molecule has 1 unspecified atom stereocenters. The van der Waals surface area contributed by atoms with Gasteiger partial charge in [0, 0.05) is 17.4 Å². The lowest BCUT2D eigenvalue weighted by atomic mass is 9.82. The molecule has 0 radical (unpaired) electrons. The average Bonchev–Trinajstić information content (AvgIpc) is 2.17. The molecular formula is C12H11ClO2. The van der Waals surface area contributed by atoms with Crippen LogP contribution in [0.5, 0.6) is 0 Å². The van der Waals surface area contributed by atoms with Crippen molar-refractivity contribution in [1.29, 1.82) is 0 Å². The van der Waals surface area contributed by atoms with Crippen molar-refractivity contribution >= 4 is 23.2 Å². The van der Waals surface area contributed by atoms with Gasteiger partial charge in [-0.3, -0.25) is 9.59 Å². The van der Waals surface area contributed by atoms with E-state index in [2.05, 4.69) is 0 Å². The summed E-state index contributed by atoms with van der Waals surface area (Å²) < 4.78 is 0. The van der Waals surface area contributed by atoms with E-state index in [9.17, 15) is 9.59 Å². The Kier molecular flexibility index (Phi) is 2.87. The third-order valence-electron chi connectivity index (χ3n) is 2.72. The highest BCUT2D eigenvalue weighted by Crippen LogP contribution is 2.29. The van der Waals surface area contributed by atoms with Crippen molar-refractivity contribution < 1.29 is 9.59 Å².